The van der Waals surface area contributed by atoms with E-state index in [0.29, 0.717) is 0 Å². The summed E-state index contributed by atoms with van der Waals surface area (Å²) >= 11 is 1.07. The van der Waals surface area contributed by atoms with Gasteiger partial charge in [0.25, 0.3) is 0 Å². The lowest BCUT2D eigenvalue weighted by molar-refractivity contribution is -0.115. The summed E-state index contributed by atoms with van der Waals surface area (Å²) in [5, 5.41) is 2.38. The van der Waals surface area contributed by atoms with Gasteiger partial charge in [0.2, 0.25) is 5.91 Å². The van der Waals surface area contributed by atoms with Gasteiger partial charge in [0, 0.05) is 16.6 Å². The van der Waals surface area contributed by atoms with Crippen LogP contribution in [0, 0.1) is 11.6 Å². The van der Waals surface area contributed by atoms with E-state index in [-0.39, 0.29) is 16.7 Å². The Bertz CT molecular complexity index is 703. The van der Waals surface area contributed by atoms with E-state index in [9.17, 15) is 13.6 Å². The van der Waals surface area contributed by atoms with E-state index in [1.807, 2.05) is 24.3 Å². The molecule has 1 unspecified atom stereocenters. The number of hydrogen-bond acceptors (Lipinski definition) is 2. The topological polar surface area (TPSA) is 29.1 Å². The number of benzene rings is 2. The van der Waals surface area contributed by atoms with Gasteiger partial charge in [0.15, 0.2) is 0 Å². The number of halogens is 2. The first-order valence-electron chi connectivity index (χ1n) is 7.40. The van der Waals surface area contributed by atoms with Crippen molar-refractivity contribution in [2.24, 2.45) is 0 Å². The maximum atomic E-state index is 13.7. The van der Waals surface area contributed by atoms with Crippen molar-refractivity contribution in [3.05, 3.63) is 59.7 Å². The van der Waals surface area contributed by atoms with Gasteiger partial charge in [-0.25, -0.2) is 8.78 Å². The van der Waals surface area contributed by atoms with Crippen LogP contribution in [0.3, 0.4) is 0 Å². The standard InChI is InChI=1S/C18H19F2NOS/c1-11(2)14-6-4-5-7-16(14)21-18(22)12(3)23-17-9-8-13(19)10-15(17)20/h4-12H,1-3H3,(H,21,22). The average Bonchev–Trinajstić information content (AvgIpc) is 2.50. The number of nitrogens with one attached hydrogen (secondary N) is 1. The van der Waals surface area contributed by atoms with Gasteiger partial charge >= 0.3 is 0 Å². The summed E-state index contributed by atoms with van der Waals surface area (Å²) in [6, 6.07) is 11.0. The highest BCUT2D eigenvalue weighted by atomic mass is 32.2. The van der Waals surface area contributed by atoms with Gasteiger partial charge in [-0.05, 0) is 36.6 Å². The second kappa shape index (κ2) is 7.59. The molecule has 0 spiro atoms. The molecule has 0 saturated carbocycles. The van der Waals surface area contributed by atoms with Crippen molar-refractivity contribution >= 4 is 23.4 Å². The number of hydrogen-bond donors (Lipinski definition) is 1. The molecule has 0 aliphatic rings. The first-order chi connectivity index (χ1) is 10.9. The Labute approximate surface area is 139 Å². The Hall–Kier alpha value is -1.88. The predicted molar refractivity (Wildman–Crippen MR) is 90.8 cm³/mol. The van der Waals surface area contributed by atoms with Gasteiger partial charge in [-0.2, -0.15) is 0 Å². The van der Waals surface area contributed by atoms with Crippen LogP contribution in [0.15, 0.2) is 47.4 Å². The molecule has 0 aromatic heterocycles. The number of carbonyl (C=O) groups is 1. The summed E-state index contributed by atoms with van der Waals surface area (Å²) in [7, 11) is 0. The van der Waals surface area contributed by atoms with Crippen molar-refractivity contribution in [2.75, 3.05) is 5.32 Å². The molecule has 0 bridgehead atoms. The number of carbonyl (C=O) groups excluding carboxylic acids is 1. The van der Waals surface area contributed by atoms with Gasteiger partial charge in [-0.3, -0.25) is 4.79 Å². The van der Waals surface area contributed by atoms with Crippen LogP contribution in [0.2, 0.25) is 0 Å². The van der Waals surface area contributed by atoms with Crippen molar-refractivity contribution in [3.63, 3.8) is 0 Å². The van der Waals surface area contributed by atoms with Gasteiger partial charge in [0.05, 0.1) is 5.25 Å². The van der Waals surface area contributed by atoms with Crippen molar-refractivity contribution in [1.82, 2.24) is 0 Å². The zero-order valence-electron chi connectivity index (χ0n) is 13.3. The summed E-state index contributed by atoms with van der Waals surface area (Å²) in [6.45, 7) is 5.80. The molecule has 1 N–H and O–H groups in total. The summed E-state index contributed by atoms with van der Waals surface area (Å²) in [4.78, 5) is 12.6. The van der Waals surface area contributed by atoms with Crippen molar-refractivity contribution in [1.29, 1.82) is 0 Å². The summed E-state index contributed by atoms with van der Waals surface area (Å²) < 4.78 is 26.6. The monoisotopic (exact) mass is 335 g/mol. The molecule has 0 fully saturated rings. The molecule has 2 aromatic carbocycles. The van der Waals surface area contributed by atoms with Crippen LogP contribution in [0.25, 0.3) is 0 Å². The number of thioether (sulfide) groups is 1. The first kappa shape index (κ1) is 17.5. The number of anilines is 1. The largest absolute Gasteiger partial charge is 0.325 e. The van der Waals surface area contributed by atoms with E-state index in [1.54, 1.807) is 6.92 Å². The summed E-state index contributed by atoms with van der Waals surface area (Å²) in [6.07, 6.45) is 0. The molecule has 2 nitrogen and oxygen atoms in total. The molecule has 2 rings (SSSR count). The van der Waals surface area contributed by atoms with E-state index in [1.165, 1.54) is 12.1 Å². The molecular weight excluding hydrogens is 316 g/mol. The Balaban J connectivity index is 2.09. The Kier molecular flexibility index (Phi) is 5.77. The van der Waals surface area contributed by atoms with Crippen LogP contribution in [0.5, 0.6) is 0 Å². The van der Waals surface area contributed by atoms with E-state index in [4.69, 9.17) is 0 Å². The Morgan fingerprint density at radius 2 is 1.78 bits per heavy atom. The molecule has 0 aliphatic heterocycles. The smallest absolute Gasteiger partial charge is 0.237 e. The SMILES string of the molecule is CC(Sc1ccc(F)cc1F)C(=O)Nc1ccccc1C(C)C. The van der Waals surface area contributed by atoms with Crippen molar-refractivity contribution < 1.29 is 13.6 Å². The molecule has 2 aromatic rings. The third kappa shape index (κ3) is 4.55. The van der Waals surface area contributed by atoms with Gasteiger partial charge < -0.3 is 5.32 Å². The van der Waals surface area contributed by atoms with Crippen LogP contribution in [0.1, 0.15) is 32.3 Å². The highest BCUT2D eigenvalue weighted by Gasteiger charge is 2.18. The third-order valence-corrected chi connectivity index (χ3v) is 4.56. The molecule has 0 radical (unpaired) electrons. The zero-order valence-corrected chi connectivity index (χ0v) is 14.1. The highest BCUT2D eigenvalue weighted by Crippen LogP contribution is 2.29. The summed E-state index contributed by atoms with van der Waals surface area (Å²) in [5.41, 5.74) is 1.81. The summed E-state index contributed by atoms with van der Waals surface area (Å²) in [5.74, 6) is -1.22. The van der Waals surface area contributed by atoms with Crippen molar-refractivity contribution in [2.45, 2.75) is 36.8 Å². The molecule has 0 aliphatic carbocycles. The molecule has 0 heterocycles. The predicted octanol–water partition coefficient (Wildman–Crippen LogP) is 5.21. The minimum atomic E-state index is -0.655. The lowest BCUT2D eigenvalue weighted by Crippen LogP contribution is -2.23. The number of amides is 1. The maximum absolute atomic E-state index is 13.7. The highest BCUT2D eigenvalue weighted by molar-refractivity contribution is 8.00. The van der Waals surface area contributed by atoms with E-state index >= 15 is 0 Å². The quantitative estimate of drug-likeness (QED) is 0.760. The molecule has 1 amide bonds. The van der Waals surface area contributed by atoms with Crippen LogP contribution < -0.4 is 5.32 Å². The average molecular weight is 335 g/mol. The van der Waals surface area contributed by atoms with Crippen LogP contribution in [0.4, 0.5) is 14.5 Å². The third-order valence-electron chi connectivity index (χ3n) is 3.41. The molecule has 5 heteroatoms. The second-order valence-electron chi connectivity index (χ2n) is 5.57. The number of rotatable bonds is 5. The van der Waals surface area contributed by atoms with E-state index in [0.717, 1.165) is 29.1 Å². The maximum Gasteiger partial charge on any atom is 0.237 e. The fraction of sp³-hybridized carbons (Fsp3) is 0.278. The fourth-order valence-electron chi connectivity index (χ4n) is 2.16. The first-order valence-corrected chi connectivity index (χ1v) is 8.28. The fourth-order valence-corrected chi connectivity index (χ4v) is 3.03. The Morgan fingerprint density at radius 3 is 2.43 bits per heavy atom. The number of para-hydroxylation sites is 1. The van der Waals surface area contributed by atoms with E-state index in [2.05, 4.69) is 19.2 Å². The van der Waals surface area contributed by atoms with Crippen LogP contribution in [-0.2, 0) is 4.79 Å². The lowest BCUT2D eigenvalue weighted by atomic mass is 10.0. The molecule has 122 valence electrons. The van der Waals surface area contributed by atoms with Gasteiger partial charge in [0.1, 0.15) is 11.6 Å². The van der Waals surface area contributed by atoms with Crippen molar-refractivity contribution in [3.8, 4) is 0 Å². The Morgan fingerprint density at radius 1 is 1.09 bits per heavy atom. The second-order valence-corrected chi connectivity index (χ2v) is 6.95. The zero-order chi connectivity index (χ0) is 17.0. The molecular formula is C18H19F2NOS. The van der Waals surface area contributed by atoms with Gasteiger partial charge in [-0.1, -0.05) is 32.0 Å². The molecule has 23 heavy (non-hydrogen) atoms. The normalized spacial score (nSPS) is 12.3. The minimum absolute atomic E-state index is 0.216. The lowest BCUT2D eigenvalue weighted by Gasteiger charge is -2.16. The van der Waals surface area contributed by atoms with Crippen LogP contribution in [-0.4, -0.2) is 11.2 Å². The molecule has 1 atom stereocenters. The molecule has 0 saturated heterocycles. The van der Waals surface area contributed by atoms with E-state index < -0.39 is 16.9 Å². The van der Waals surface area contributed by atoms with Gasteiger partial charge in [-0.15, -0.1) is 11.8 Å². The minimum Gasteiger partial charge on any atom is -0.325 e. The van der Waals surface area contributed by atoms with Crippen LogP contribution >= 0.6 is 11.8 Å².